The molecule has 0 unspecified atom stereocenters. The molecule has 0 aromatic rings. The van der Waals surface area contributed by atoms with Crippen LogP contribution in [0.1, 0.15) is 26.7 Å². The Morgan fingerprint density at radius 2 is 1.90 bits per heavy atom. The van der Waals surface area contributed by atoms with Crippen LogP contribution >= 0.6 is 0 Å². The Labute approximate surface area is 60.7 Å². The van der Waals surface area contributed by atoms with Crippen molar-refractivity contribution in [3.63, 3.8) is 0 Å². The highest BCUT2D eigenvalue weighted by molar-refractivity contribution is 5.53. The third kappa shape index (κ3) is 69.3. The van der Waals surface area contributed by atoms with Crippen molar-refractivity contribution < 1.29 is 15.0 Å². The van der Waals surface area contributed by atoms with E-state index in [0.717, 1.165) is 6.42 Å². The second kappa shape index (κ2) is 10.7. The summed E-state index contributed by atoms with van der Waals surface area (Å²) in [4.78, 5) is 8.56. The lowest BCUT2D eigenvalue weighted by Crippen LogP contribution is -1.81. The topological polar surface area (TPSA) is 57.5 Å². The molecule has 0 bridgehead atoms. The van der Waals surface area contributed by atoms with Gasteiger partial charge in [-0.25, -0.2) is 4.79 Å². The molecule has 3 heteroatoms. The minimum Gasteiger partial charge on any atom is -0.450 e. The van der Waals surface area contributed by atoms with Gasteiger partial charge in [-0.1, -0.05) is 6.92 Å². The number of hydrogen-bond acceptors (Lipinski definition) is 1. The molecule has 58 valence electrons. The highest BCUT2D eigenvalue weighted by Gasteiger charge is 1.70. The standard InChI is InChI=1S/C6H10.CH2O3/c1-3-5-6-4-2;2-1(3)4/h3,5H2,1-2H3;(H2,2,3,4). The van der Waals surface area contributed by atoms with Gasteiger partial charge >= 0.3 is 6.16 Å². The molecule has 0 aliphatic heterocycles. The van der Waals surface area contributed by atoms with Gasteiger partial charge in [0.25, 0.3) is 0 Å². The minimum atomic E-state index is -1.83. The Hall–Kier alpha value is -1.17. The molecule has 3 nitrogen and oxygen atoms in total. The van der Waals surface area contributed by atoms with Crippen LogP contribution in [0.15, 0.2) is 0 Å². The molecule has 0 rings (SSSR count). The van der Waals surface area contributed by atoms with E-state index in [9.17, 15) is 0 Å². The summed E-state index contributed by atoms with van der Waals surface area (Å²) >= 11 is 0. The minimum absolute atomic E-state index is 1.05. The Kier molecular flexibility index (Phi) is 12.5. The monoisotopic (exact) mass is 144 g/mol. The maximum atomic E-state index is 8.56. The number of unbranched alkanes of at least 4 members (excludes halogenated alkanes) is 1. The summed E-state index contributed by atoms with van der Waals surface area (Å²) in [5, 5.41) is 13.9. The first-order valence-corrected chi connectivity index (χ1v) is 2.96. The van der Waals surface area contributed by atoms with Crippen LogP contribution in [0.3, 0.4) is 0 Å². The van der Waals surface area contributed by atoms with Gasteiger partial charge < -0.3 is 10.2 Å². The lowest BCUT2D eigenvalue weighted by atomic mass is 10.3. The summed E-state index contributed by atoms with van der Waals surface area (Å²) < 4.78 is 0. The van der Waals surface area contributed by atoms with E-state index in [2.05, 4.69) is 18.8 Å². The molecule has 0 atom stereocenters. The van der Waals surface area contributed by atoms with Crippen LogP contribution in [0.25, 0.3) is 0 Å². The van der Waals surface area contributed by atoms with Gasteiger partial charge in [-0.15, -0.1) is 11.8 Å². The molecule has 0 heterocycles. The summed E-state index contributed by atoms with van der Waals surface area (Å²) in [5.41, 5.74) is 0. The molecule has 0 spiro atoms. The number of hydrogen-bond donors (Lipinski definition) is 2. The lowest BCUT2D eigenvalue weighted by molar-refractivity contribution is 0.137. The van der Waals surface area contributed by atoms with E-state index in [4.69, 9.17) is 15.0 Å². The number of carboxylic acid groups (broad SMARTS) is 2. The summed E-state index contributed by atoms with van der Waals surface area (Å²) in [5.74, 6) is 5.77. The fourth-order valence-electron chi connectivity index (χ4n) is 0.250. The zero-order valence-corrected chi connectivity index (χ0v) is 6.22. The van der Waals surface area contributed by atoms with Crippen LogP contribution in [0.2, 0.25) is 0 Å². The highest BCUT2D eigenvalue weighted by Crippen LogP contribution is 1.79. The largest absolute Gasteiger partial charge is 0.503 e. The molecule has 0 aliphatic carbocycles. The Morgan fingerprint density at radius 1 is 1.50 bits per heavy atom. The molecule has 0 aliphatic rings. The van der Waals surface area contributed by atoms with E-state index in [1.54, 1.807) is 0 Å². The van der Waals surface area contributed by atoms with Crippen molar-refractivity contribution in [3.8, 4) is 11.8 Å². The third-order valence-corrected chi connectivity index (χ3v) is 0.552. The van der Waals surface area contributed by atoms with Crippen LogP contribution < -0.4 is 0 Å². The molecule has 0 aromatic heterocycles. The van der Waals surface area contributed by atoms with Gasteiger partial charge in [-0.3, -0.25) is 0 Å². The van der Waals surface area contributed by atoms with Gasteiger partial charge in [0, 0.05) is 6.42 Å². The Bertz CT molecular complexity index is 126. The van der Waals surface area contributed by atoms with Crippen molar-refractivity contribution >= 4 is 6.16 Å². The summed E-state index contributed by atoms with van der Waals surface area (Å²) in [6, 6.07) is 0. The first kappa shape index (κ1) is 11.6. The predicted molar refractivity (Wildman–Crippen MR) is 39.0 cm³/mol. The second-order valence-corrected chi connectivity index (χ2v) is 1.46. The summed E-state index contributed by atoms with van der Waals surface area (Å²) in [6.07, 6.45) is 0.400. The first-order valence-electron chi connectivity index (χ1n) is 2.96. The molecule has 10 heavy (non-hydrogen) atoms. The number of carbonyl (C=O) groups is 1. The van der Waals surface area contributed by atoms with E-state index in [0.29, 0.717) is 0 Å². The molecular weight excluding hydrogens is 132 g/mol. The first-order chi connectivity index (χ1) is 4.65. The van der Waals surface area contributed by atoms with Gasteiger partial charge in [0.05, 0.1) is 0 Å². The van der Waals surface area contributed by atoms with Crippen molar-refractivity contribution in [2.24, 2.45) is 0 Å². The second-order valence-electron chi connectivity index (χ2n) is 1.46. The quantitative estimate of drug-likeness (QED) is 0.553. The molecule has 2 N–H and O–H groups in total. The predicted octanol–water partition coefficient (Wildman–Crippen LogP) is 2.03. The molecular formula is C7H12O3. The van der Waals surface area contributed by atoms with Gasteiger partial charge in [0.15, 0.2) is 0 Å². The van der Waals surface area contributed by atoms with E-state index in [-0.39, 0.29) is 0 Å². The molecule has 0 saturated heterocycles. The SMILES string of the molecule is CC#CCCC.O=C(O)O. The average molecular weight is 144 g/mol. The summed E-state index contributed by atoms with van der Waals surface area (Å²) in [7, 11) is 0. The van der Waals surface area contributed by atoms with Crippen molar-refractivity contribution in [2.75, 3.05) is 0 Å². The van der Waals surface area contributed by atoms with E-state index in [1.807, 2.05) is 6.92 Å². The average Bonchev–Trinajstić information content (AvgIpc) is 1.82. The van der Waals surface area contributed by atoms with Crippen molar-refractivity contribution in [3.05, 3.63) is 0 Å². The maximum Gasteiger partial charge on any atom is 0.503 e. The van der Waals surface area contributed by atoms with Gasteiger partial charge in [-0.2, -0.15) is 0 Å². The highest BCUT2D eigenvalue weighted by atomic mass is 16.6. The van der Waals surface area contributed by atoms with Crippen LogP contribution in [-0.2, 0) is 0 Å². The third-order valence-electron chi connectivity index (χ3n) is 0.552. The van der Waals surface area contributed by atoms with Crippen molar-refractivity contribution in [2.45, 2.75) is 26.7 Å². The zero-order valence-electron chi connectivity index (χ0n) is 6.22. The smallest absolute Gasteiger partial charge is 0.450 e. The van der Waals surface area contributed by atoms with Crippen molar-refractivity contribution in [1.29, 1.82) is 0 Å². The molecule has 0 fully saturated rings. The molecule has 0 saturated carbocycles. The fourth-order valence-corrected chi connectivity index (χ4v) is 0.250. The molecule has 0 aromatic carbocycles. The van der Waals surface area contributed by atoms with E-state index in [1.165, 1.54) is 6.42 Å². The van der Waals surface area contributed by atoms with E-state index < -0.39 is 6.16 Å². The zero-order chi connectivity index (χ0) is 8.41. The molecule has 0 radical (unpaired) electrons. The van der Waals surface area contributed by atoms with Crippen LogP contribution in [0, 0.1) is 11.8 Å². The molecule has 0 amide bonds. The fraction of sp³-hybridized carbons (Fsp3) is 0.571. The lowest BCUT2D eigenvalue weighted by Gasteiger charge is -1.71. The van der Waals surface area contributed by atoms with Crippen LogP contribution in [-0.4, -0.2) is 16.4 Å². The van der Waals surface area contributed by atoms with Gasteiger partial charge in [0.2, 0.25) is 0 Å². The van der Waals surface area contributed by atoms with Gasteiger partial charge in [-0.05, 0) is 13.3 Å². The maximum absolute atomic E-state index is 8.56. The Balaban J connectivity index is 0. The normalized spacial score (nSPS) is 6.20. The Morgan fingerprint density at radius 3 is 2.00 bits per heavy atom. The van der Waals surface area contributed by atoms with Crippen molar-refractivity contribution in [1.82, 2.24) is 0 Å². The van der Waals surface area contributed by atoms with Gasteiger partial charge in [0.1, 0.15) is 0 Å². The number of rotatable bonds is 1. The van der Waals surface area contributed by atoms with Crippen LogP contribution in [0.4, 0.5) is 4.79 Å². The van der Waals surface area contributed by atoms with E-state index >= 15 is 0 Å². The summed E-state index contributed by atoms with van der Waals surface area (Å²) in [6.45, 7) is 4.00. The van der Waals surface area contributed by atoms with Crippen LogP contribution in [0.5, 0.6) is 0 Å².